The van der Waals surface area contributed by atoms with E-state index >= 15 is 4.79 Å². The number of phenols is 1. The van der Waals surface area contributed by atoms with Gasteiger partial charge in [0.05, 0.1) is 44.4 Å². The molecule has 1 saturated carbocycles. The zero-order valence-corrected chi connectivity index (χ0v) is 29.8. The number of alkyl halides is 3. The average molecular weight is 841 g/mol. The van der Waals surface area contributed by atoms with Gasteiger partial charge in [-0.15, -0.1) is 0 Å². The van der Waals surface area contributed by atoms with E-state index in [0.29, 0.717) is 37.6 Å². The lowest BCUT2D eigenvalue weighted by Crippen LogP contribution is -2.53. The predicted octanol–water partition coefficient (Wildman–Crippen LogP) is 6.34. The zero-order valence-electron chi connectivity index (χ0n) is 26.1. The van der Waals surface area contributed by atoms with Crippen LogP contribution in [0.4, 0.5) is 19.0 Å². The number of carbonyl (C=O) groups is 4. The van der Waals surface area contributed by atoms with Crippen LogP contribution in [0, 0.1) is 27.2 Å². The summed E-state index contributed by atoms with van der Waals surface area (Å²) in [6, 6.07) is 10.3. The Morgan fingerprint density at radius 2 is 1.74 bits per heavy atom. The van der Waals surface area contributed by atoms with Gasteiger partial charge in [0, 0.05) is 24.2 Å². The van der Waals surface area contributed by atoms with Crippen molar-refractivity contribution >= 4 is 75.2 Å². The van der Waals surface area contributed by atoms with E-state index in [-0.39, 0.29) is 36.1 Å². The number of hydrogen-bond acceptors (Lipinski definition) is 8. The maximum atomic E-state index is 15.2. The summed E-state index contributed by atoms with van der Waals surface area (Å²) in [5, 5.41) is 11.4. The number of ether oxygens (including phenoxy) is 1. The smallest absolute Gasteiger partial charge is 0.417 e. The highest BCUT2D eigenvalue weighted by molar-refractivity contribution is 14.1. The molecule has 0 radical (unpaired) electrons. The fourth-order valence-corrected chi connectivity index (χ4v) is 9.19. The van der Waals surface area contributed by atoms with Crippen molar-refractivity contribution in [3.63, 3.8) is 0 Å². The largest absolute Gasteiger partial charge is 0.504 e. The Balaban J connectivity index is 1.47. The van der Waals surface area contributed by atoms with Gasteiger partial charge < -0.3 is 9.84 Å². The number of pyridine rings is 1. The first-order valence-electron chi connectivity index (χ1n) is 15.3. The number of phenolic OH excluding ortho intramolecular Hbond substituents is 1. The number of allylic oxidation sites excluding steroid dienone is 2. The number of rotatable bonds is 5. The second-order valence-corrected chi connectivity index (χ2v) is 14.7. The molecule has 2 aliphatic carbocycles. The molecule has 16 heteroatoms. The molecule has 260 valence electrons. The van der Waals surface area contributed by atoms with Gasteiger partial charge in [-0.2, -0.15) is 18.2 Å². The van der Waals surface area contributed by atoms with Crippen molar-refractivity contribution < 1.29 is 42.2 Å². The fraction of sp³-hybridized carbons (Fsp3) is 0.324. The number of aromatic nitrogens is 1. The topological polar surface area (TPSA) is 129 Å². The van der Waals surface area contributed by atoms with Crippen LogP contribution >= 0.6 is 45.8 Å². The summed E-state index contributed by atoms with van der Waals surface area (Å²) >= 11 is 14.4. The summed E-state index contributed by atoms with van der Waals surface area (Å²) in [6.07, 6.45) is -2.14. The number of amides is 4. The molecular formula is C34H26Cl2F3IN4O6. The lowest BCUT2D eigenvalue weighted by Gasteiger charge is -2.50. The van der Waals surface area contributed by atoms with Crippen molar-refractivity contribution in [2.45, 2.75) is 30.4 Å². The number of halogens is 6. The van der Waals surface area contributed by atoms with Crippen molar-refractivity contribution in [2.24, 2.45) is 23.7 Å². The monoisotopic (exact) mass is 840 g/mol. The molecule has 4 amide bonds. The number of nitrogens with one attached hydrogen (secondary N) is 1. The summed E-state index contributed by atoms with van der Waals surface area (Å²) in [6.45, 7) is 0. The van der Waals surface area contributed by atoms with Crippen LogP contribution in [0.15, 0.2) is 60.3 Å². The quantitative estimate of drug-likeness (QED) is 0.173. The molecular weight excluding hydrogens is 815 g/mol. The van der Waals surface area contributed by atoms with E-state index in [4.69, 9.17) is 27.9 Å². The van der Waals surface area contributed by atoms with Gasteiger partial charge in [-0.25, -0.2) is 4.98 Å². The van der Waals surface area contributed by atoms with E-state index in [2.05, 4.69) is 10.4 Å². The van der Waals surface area contributed by atoms with Crippen molar-refractivity contribution in [1.82, 2.24) is 14.9 Å². The molecule has 0 spiro atoms. The Hall–Kier alpha value is -3.89. The minimum atomic E-state index is -4.74. The molecule has 3 aromatic rings. The normalized spacial score (nSPS) is 27.6. The number of hydrogen-bond donors (Lipinski definition) is 2. The van der Waals surface area contributed by atoms with Gasteiger partial charge in [0.1, 0.15) is 0 Å². The van der Waals surface area contributed by atoms with Crippen LogP contribution in [-0.2, 0) is 30.8 Å². The second-order valence-electron chi connectivity index (χ2n) is 12.7. The minimum Gasteiger partial charge on any atom is -0.504 e. The zero-order chi connectivity index (χ0) is 36.0. The average Bonchev–Trinajstić information content (AvgIpc) is 3.43. The molecule has 0 unspecified atom stereocenters. The van der Waals surface area contributed by atoms with E-state index in [1.807, 2.05) is 28.7 Å². The maximum Gasteiger partial charge on any atom is 0.417 e. The molecule has 2 aromatic carbocycles. The van der Waals surface area contributed by atoms with Gasteiger partial charge >= 0.3 is 6.18 Å². The van der Waals surface area contributed by atoms with Gasteiger partial charge in [0.2, 0.25) is 11.8 Å². The number of carbonyl (C=O) groups excluding carboxylic acids is 4. The van der Waals surface area contributed by atoms with Crippen molar-refractivity contribution in [1.29, 1.82) is 0 Å². The van der Waals surface area contributed by atoms with E-state index in [1.165, 1.54) is 14.2 Å². The van der Waals surface area contributed by atoms with Crippen LogP contribution in [0.2, 0.25) is 10.0 Å². The molecule has 2 aliphatic heterocycles. The Morgan fingerprint density at radius 1 is 1.04 bits per heavy atom. The number of hydrazine groups is 1. The highest BCUT2D eigenvalue weighted by atomic mass is 127. The Labute approximate surface area is 306 Å². The van der Waals surface area contributed by atoms with Crippen molar-refractivity contribution in [3.05, 3.63) is 90.6 Å². The first kappa shape index (κ1) is 34.6. The van der Waals surface area contributed by atoms with Crippen LogP contribution in [0.1, 0.15) is 35.4 Å². The molecule has 3 heterocycles. The van der Waals surface area contributed by atoms with Gasteiger partial charge in [-0.3, -0.25) is 29.5 Å². The molecule has 4 aliphatic rings. The summed E-state index contributed by atoms with van der Waals surface area (Å²) in [5.74, 6) is -6.83. The summed E-state index contributed by atoms with van der Waals surface area (Å²) in [7, 11) is 2.79. The van der Waals surface area contributed by atoms with E-state index < -0.39 is 69.5 Å². The number of imide groups is 2. The first-order valence-corrected chi connectivity index (χ1v) is 17.2. The Morgan fingerprint density at radius 3 is 2.38 bits per heavy atom. The molecule has 3 fully saturated rings. The maximum absolute atomic E-state index is 15.2. The van der Waals surface area contributed by atoms with Gasteiger partial charge in [0.15, 0.2) is 17.3 Å². The summed E-state index contributed by atoms with van der Waals surface area (Å²) in [5.41, 5.74) is 1.30. The van der Waals surface area contributed by atoms with Crippen LogP contribution < -0.4 is 10.2 Å². The highest BCUT2D eigenvalue weighted by Gasteiger charge is 2.70. The first-order chi connectivity index (χ1) is 23.6. The summed E-state index contributed by atoms with van der Waals surface area (Å²) < 4.78 is 46.1. The lowest BCUT2D eigenvalue weighted by molar-refractivity contribution is -0.140. The Bertz CT molecular complexity index is 2030. The lowest BCUT2D eigenvalue weighted by atomic mass is 9.49. The van der Waals surface area contributed by atoms with E-state index in [0.717, 1.165) is 9.91 Å². The molecule has 50 heavy (non-hydrogen) atoms. The number of fused-ring (bicyclic) bond motifs is 4. The minimum absolute atomic E-state index is 0.0117. The Kier molecular flexibility index (Phi) is 8.37. The number of aromatic hydroxyl groups is 1. The third-order valence-corrected chi connectivity index (χ3v) is 11.7. The third kappa shape index (κ3) is 4.99. The second kappa shape index (κ2) is 12.1. The number of benzene rings is 2. The summed E-state index contributed by atoms with van der Waals surface area (Å²) in [4.78, 5) is 61.5. The van der Waals surface area contributed by atoms with Gasteiger partial charge in [-0.1, -0.05) is 47.0 Å². The van der Waals surface area contributed by atoms with Gasteiger partial charge in [-0.05, 0) is 82.8 Å². The van der Waals surface area contributed by atoms with Crippen molar-refractivity contribution in [3.8, 4) is 11.5 Å². The van der Waals surface area contributed by atoms with Crippen molar-refractivity contribution in [2.75, 3.05) is 19.6 Å². The highest BCUT2D eigenvalue weighted by Crippen LogP contribution is 2.64. The van der Waals surface area contributed by atoms with Crippen LogP contribution in [0.3, 0.4) is 0 Å². The van der Waals surface area contributed by atoms with Gasteiger partial charge in [0.25, 0.3) is 11.8 Å². The molecule has 7 rings (SSSR count). The fourth-order valence-electron chi connectivity index (χ4n) is 8.23. The number of methoxy groups -OCH3 is 1. The standard InChI is InChI=1S/C34H26Cl2F3IN4O6/c1-43-29(46)19-8-7-18-20(25(19)31(43)48)12-21-30(47)44(42-28-22(36)11-16(13-41-28)34(37,38)39)32(49)33(21,15-3-5-17(35)6-4-15)26(18)14-9-23(40)27(45)24(10-14)50-2/h3-7,9-11,13,19-21,25-26,45H,8,12H2,1-2H3,(H,41,42)/t19-,20+,21-,25-,26-,33+/m0/s1. The number of likely N-dealkylation sites (tertiary alicyclic amines) is 1. The third-order valence-electron chi connectivity index (χ3n) is 10.4. The molecule has 10 nitrogen and oxygen atoms in total. The van der Waals surface area contributed by atoms with Crippen LogP contribution in [0.25, 0.3) is 0 Å². The molecule has 2 saturated heterocycles. The molecule has 0 bridgehead atoms. The molecule has 6 atom stereocenters. The van der Waals surface area contributed by atoms with E-state index in [9.17, 15) is 32.7 Å². The van der Waals surface area contributed by atoms with E-state index in [1.54, 1.807) is 36.4 Å². The SMILES string of the molecule is COc1cc([C@H]2C3=CC[C@@H]4C(=O)N(C)C(=O)[C@@H]4[C@@H]3C[C@H]3C(=O)N(Nc4ncc(C(F)(F)F)cc4Cl)C(=O)[C@@]23c2ccc(Cl)cc2)cc(I)c1O. The molecule has 1 aromatic heterocycles. The number of nitrogens with zero attached hydrogens (tertiary/aromatic N) is 3. The molecule has 2 N–H and O–H groups in total. The number of anilines is 1. The van der Waals surface area contributed by atoms with Crippen LogP contribution in [-0.4, -0.2) is 57.8 Å². The predicted molar refractivity (Wildman–Crippen MR) is 182 cm³/mol. The van der Waals surface area contributed by atoms with Crippen LogP contribution in [0.5, 0.6) is 11.5 Å².